The van der Waals surface area contributed by atoms with Gasteiger partial charge >= 0.3 is 0 Å². The van der Waals surface area contributed by atoms with Crippen LogP contribution in [0.4, 0.5) is 11.8 Å². The molecule has 2 heterocycles. The third-order valence-electron chi connectivity index (χ3n) is 2.74. The summed E-state index contributed by atoms with van der Waals surface area (Å²) >= 11 is 6.09. The van der Waals surface area contributed by atoms with E-state index in [1.54, 1.807) is 13.2 Å². The summed E-state index contributed by atoms with van der Waals surface area (Å²) in [6, 6.07) is 0.345. The summed E-state index contributed by atoms with van der Waals surface area (Å²) in [7, 11) is 3.76. The van der Waals surface area contributed by atoms with Gasteiger partial charge in [0.2, 0.25) is 5.95 Å². The number of nitrogens with one attached hydrogen (secondary N) is 1. The number of rotatable bonds is 3. The van der Waals surface area contributed by atoms with E-state index in [1.807, 2.05) is 7.05 Å². The second-order valence-electron chi connectivity index (χ2n) is 3.74. The molecule has 0 spiro atoms. The molecule has 1 fully saturated rings. The first-order chi connectivity index (χ1) is 7.72. The van der Waals surface area contributed by atoms with Crippen molar-refractivity contribution in [3.8, 4) is 0 Å². The largest absolute Gasteiger partial charge is 0.379 e. The zero-order valence-electron chi connectivity index (χ0n) is 9.40. The summed E-state index contributed by atoms with van der Waals surface area (Å²) in [5, 5.41) is 3.46. The van der Waals surface area contributed by atoms with Gasteiger partial charge in [0.25, 0.3) is 0 Å². The van der Waals surface area contributed by atoms with Crippen molar-refractivity contribution in [2.24, 2.45) is 0 Å². The van der Waals surface area contributed by atoms with Crippen LogP contribution in [0.15, 0.2) is 6.20 Å². The predicted octanol–water partition coefficient (Wildman–Crippen LogP) is 1.40. The Morgan fingerprint density at radius 2 is 2.44 bits per heavy atom. The Kier molecular flexibility index (Phi) is 3.46. The molecule has 0 radical (unpaired) electrons. The normalized spacial score (nSPS) is 19.8. The second-order valence-corrected chi connectivity index (χ2v) is 4.15. The average molecular weight is 243 g/mol. The highest BCUT2D eigenvalue weighted by atomic mass is 35.5. The molecule has 1 aliphatic heterocycles. The van der Waals surface area contributed by atoms with Gasteiger partial charge in [-0.25, -0.2) is 4.98 Å². The van der Waals surface area contributed by atoms with Gasteiger partial charge in [-0.1, -0.05) is 11.6 Å². The van der Waals surface area contributed by atoms with Gasteiger partial charge in [-0.3, -0.25) is 0 Å². The Hall–Kier alpha value is -1.07. The molecule has 1 atom stereocenters. The van der Waals surface area contributed by atoms with Crippen molar-refractivity contribution in [2.45, 2.75) is 12.5 Å². The van der Waals surface area contributed by atoms with Crippen molar-refractivity contribution in [1.82, 2.24) is 9.97 Å². The van der Waals surface area contributed by atoms with Crippen molar-refractivity contribution in [3.05, 3.63) is 11.2 Å². The molecule has 0 aromatic carbocycles. The van der Waals surface area contributed by atoms with Crippen LogP contribution in [-0.2, 0) is 4.74 Å². The molecule has 6 heteroatoms. The van der Waals surface area contributed by atoms with Crippen LogP contribution in [0.5, 0.6) is 0 Å². The highest BCUT2D eigenvalue weighted by Crippen LogP contribution is 2.26. The van der Waals surface area contributed by atoms with E-state index in [4.69, 9.17) is 16.3 Å². The van der Waals surface area contributed by atoms with Crippen LogP contribution in [0.3, 0.4) is 0 Å². The summed E-state index contributed by atoms with van der Waals surface area (Å²) in [5.41, 5.74) is 0. The molecule has 2 rings (SSSR count). The molecule has 88 valence electrons. The summed E-state index contributed by atoms with van der Waals surface area (Å²) in [5.74, 6) is 1.32. The molecule has 1 aliphatic rings. The Bertz CT molecular complexity index is 368. The highest BCUT2D eigenvalue weighted by Gasteiger charge is 2.23. The predicted molar refractivity (Wildman–Crippen MR) is 64.2 cm³/mol. The van der Waals surface area contributed by atoms with Crippen LogP contribution in [0.1, 0.15) is 6.42 Å². The molecule has 0 bridgehead atoms. The Balaban J connectivity index is 2.23. The lowest BCUT2D eigenvalue weighted by Gasteiger charge is -2.25. The quantitative estimate of drug-likeness (QED) is 0.868. The third-order valence-corrected chi connectivity index (χ3v) is 3.00. The second kappa shape index (κ2) is 4.84. The molecule has 1 N–H and O–H groups in total. The van der Waals surface area contributed by atoms with E-state index < -0.39 is 0 Å². The van der Waals surface area contributed by atoms with Crippen molar-refractivity contribution >= 4 is 23.4 Å². The van der Waals surface area contributed by atoms with Gasteiger partial charge in [0.15, 0.2) is 5.82 Å². The van der Waals surface area contributed by atoms with Crippen LogP contribution in [0.2, 0.25) is 5.02 Å². The topological polar surface area (TPSA) is 50.3 Å². The van der Waals surface area contributed by atoms with E-state index in [2.05, 4.69) is 20.2 Å². The van der Waals surface area contributed by atoms with E-state index in [-0.39, 0.29) is 0 Å². The minimum Gasteiger partial charge on any atom is -0.379 e. The molecule has 1 saturated heterocycles. The minimum absolute atomic E-state index is 0.345. The van der Waals surface area contributed by atoms with E-state index in [0.717, 1.165) is 25.5 Å². The van der Waals surface area contributed by atoms with E-state index in [1.165, 1.54) is 0 Å². The molecular formula is C10H15ClN4O. The van der Waals surface area contributed by atoms with Gasteiger partial charge in [-0.2, -0.15) is 4.98 Å². The van der Waals surface area contributed by atoms with Crippen LogP contribution in [0, 0.1) is 0 Å². The maximum Gasteiger partial charge on any atom is 0.224 e. The smallest absolute Gasteiger partial charge is 0.224 e. The van der Waals surface area contributed by atoms with Gasteiger partial charge in [0.05, 0.1) is 18.8 Å². The first-order valence-corrected chi connectivity index (χ1v) is 5.61. The highest BCUT2D eigenvalue weighted by molar-refractivity contribution is 6.32. The number of likely N-dealkylation sites (N-methyl/N-ethyl adjacent to an activating group) is 1. The van der Waals surface area contributed by atoms with Crippen molar-refractivity contribution in [1.29, 1.82) is 0 Å². The number of hydrogen-bond acceptors (Lipinski definition) is 5. The average Bonchev–Trinajstić information content (AvgIpc) is 2.82. The summed E-state index contributed by atoms with van der Waals surface area (Å²) in [6.07, 6.45) is 2.62. The minimum atomic E-state index is 0.345. The molecule has 16 heavy (non-hydrogen) atoms. The monoisotopic (exact) mass is 242 g/mol. The van der Waals surface area contributed by atoms with Crippen LogP contribution in [-0.4, -0.2) is 43.3 Å². The van der Waals surface area contributed by atoms with Crippen molar-refractivity contribution in [3.63, 3.8) is 0 Å². The lowest BCUT2D eigenvalue weighted by Crippen LogP contribution is -2.32. The number of ether oxygens (including phenoxy) is 1. The fraction of sp³-hybridized carbons (Fsp3) is 0.600. The van der Waals surface area contributed by atoms with Crippen molar-refractivity contribution in [2.75, 3.05) is 37.5 Å². The standard InChI is InChI=1S/C10H15ClN4O/c1-12-10-13-5-8(11)9(14-10)15(2)7-3-4-16-6-7/h5,7H,3-4,6H2,1-2H3,(H,12,13,14). The molecule has 1 aromatic heterocycles. The molecule has 0 aliphatic carbocycles. The zero-order valence-corrected chi connectivity index (χ0v) is 10.2. The Morgan fingerprint density at radius 1 is 1.62 bits per heavy atom. The van der Waals surface area contributed by atoms with Gasteiger partial charge in [-0.05, 0) is 6.42 Å². The maximum atomic E-state index is 6.09. The number of hydrogen-bond donors (Lipinski definition) is 1. The molecule has 5 nitrogen and oxygen atoms in total. The van der Waals surface area contributed by atoms with Gasteiger partial charge < -0.3 is 15.0 Å². The van der Waals surface area contributed by atoms with Gasteiger partial charge in [0, 0.05) is 20.7 Å². The number of anilines is 2. The Morgan fingerprint density at radius 3 is 3.06 bits per heavy atom. The zero-order chi connectivity index (χ0) is 11.5. The summed E-state index contributed by atoms with van der Waals surface area (Å²) in [4.78, 5) is 10.5. The fourth-order valence-electron chi connectivity index (χ4n) is 1.73. The summed E-state index contributed by atoms with van der Waals surface area (Å²) in [6.45, 7) is 1.53. The molecule has 1 unspecified atom stereocenters. The van der Waals surface area contributed by atoms with Gasteiger partial charge in [-0.15, -0.1) is 0 Å². The van der Waals surface area contributed by atoms with E-state index in [0.29, 0.717) is 17.0 Å². The fourth-order valence-corrected chi connectivity index (χ4v) is 1.95. The Labute approximate surface area is 99.8 Å². The van der Waals surface area contributed by atoms with E-state index >= 15 is 0 Å². The SMILES string of the molecule is CNc1ncc(Cl)c(N(C)C2CCOC2)n1. The van der Waals surface area contributed by atoms with Gasteiger partial charge in [0.1, 0.15) is 5.02 Å². The summed E-state index contributed by atoms with van der Waals surface area (Å²) < 4.78 is 5.35. The van der Waals surface area contributed by atoms with E-state index in [9.17, 15) is 0 Å². The molecule has 0 amide bonds. The lowest BCUT2D eigenvalue weighted by atomic mass is 10.2. The molecular weight excluding hydrogens is 228 g/mol. The number of aromatic nitrogens is 2. The first-order valence-electron chi connectivity index (χ1n) is 5.23. The van der Waals surface area contributed by atoms with Crippen LogP contribution in [0.25, 0.3) is 0 Å². The number of halogens is 1. The van der Waals surface area contributed by atoms with Crippen molar-refractivity contribution < 1.29 is 4.74 Å². The van der Waals surface area contributed by atoms with Crippen LogP contribution < -0.4 is 10.2 Å². The molecule has 1 aromatic rings. The molecule has 0 saturated carbocycles. The number of nitrogens with zero attached hydrogens (tertiary/aromatic N) is 3. The van der Waals surface area contributed by atoms with Crippen LogP contribution >= 0.6 is 11.6 Å². The lowest BCUT2D eigenvalue weighted by molar-refractivity contribution is 0.193. The third kappa shape index (κ3) is 2.20. The maximum absolute atomic E-state index is 6.09. The first kappa shape index (κ1) is 11.4.